The summed E-state index contributed by atoms with van der Waals surface area (Å²) in [6, 6.07) is 10.2. The third-order valence-corrected chi connectivity index (χ3v) is 3.42. The summed E-state index contributed by atoms with van der Waals surface area (Å²) in [6.45, 7) is 1.72. The summed E-state index contributed by atoms with van der Waals surface area (Å²) in [4.78, 5) is 0. The Morgan fingerprint density at radius 1 is 1.24 bits per heavy atom. The third kappa shape index (κ3) is 1.85. The summed E-state index contributed by atoms with van der Waals surface area (Å²) in [6.07, 6.45) is 2.08. The van der Waals surface area contributed by atoms with E-state index in [-0.39, 0.29) is 0 Å². The van der Waals surface area contributed by atoms with Gasteiger partial charge in [-0.05, 0) is 18.9 Å². The molecular weight excluding hydrogens is 212 g/mol. The quantitative estimate of drug-likeness (QED) is 0.846. The minimum Gasteiger partial charge on any atom is -0.330 e. The van der Waals surface area contributed by atoms with Crippen LogP contribution < -0.4 is 5.73 Å². The molecule has 3 rings (SSSR count). The first-order chi connectivity index (χ1) is 8.38. The van der Waals surface area contributed by atoms with Crippen molar-refractivity contribution < 1.29 is 0 Å². The fraction of sp³-hybridized carbons (Fsp3) is 0.385. The molecule has 0 fully saturated rings. The van der Waals surface area contributed by atoms with Gasteiger partial charge in [0.15, 0.2) is 5.82 Å². The van der Waals surface area contributed by atoms with Gasteiger partial charge in [0.2, 0.25) is 0 Å². The van der Waals surface area contributed by atoms with E-state index in [1.807, 2.05) is 18.2 Å². The van der Waals surface area contributed by atoms with Crippen molar-refractivity contribution in [2.45, 2.75) is 19.4 Å². The predicted molar refractivity (Wildman–Crippen MR) is 66.3 cm³/mol. The zero-order valence-corrected chi connectivity index (χ0v) is 9.71. The van der Waals surface area contributed by atoms with Gasteiger partial charge in [-0.15, -0.1) is 10.2 Å². The van der Waals surface area contributed by atoms with Gasteiger partial charge < -0.3 is 10.3 Å². The molecule has 0 aliphatic carbocycles. The van der Waals surface area contributed by atoms with Gasteiger partial charge in [-0.25, -0.2) is 0 Å². The largest absolute Gasteiger partial charge is 0.330 e. The van der Waals surface area contributed by atoms with E-state index in [1.54, 1.807) is 0 Å². The van der Waals surface area contributed by atoms with Crippen molar-refractivity contribution in [2.24, 2.45) is 11.7 Å². The van der Waals surface area contributed by atoms with Gasteiger partial charge >= 0.3 is 0 Å². The van der Waals surface area contributed by atoms with Crippen LogP contribution in [0.2, 0.25) is 0 Å². The number of nitrogens with zero attached hydrogens (tertiary/aromatic N) is 3. The van der Waals surface area contributed by atoms with Crippen LogP contribution in [-0.4, -0.2) is 21.3 Å². The van der Waals surface area contributed by atoms with Crippen LogP contribution in [0, 0.1) is 5.92 Å². The Bertz CT molecular complexity index is 503. The summed E-state index contributed by atoms with van der Waals surface area (Å²) in [5, 5.41) is 8.60. The van der Waals surface area contributed by atoms with E-state index in [1.165, 1.54) is 0 Å². The molecule has 1 aliphatic rings. The van der Waals surface area contributed by atoms with Gasteiger partial charge in [-0.1, -0.05) is 30.3 Å². The second-order valence-corrected chi connectivity index (χ2v) is 4.55. The summed E-state index contributed by atoms with van der Waals surface area (Å²) < 4.78 is 2.22. The summed E-state index contributed by atoms with van der Waals surface area (Å²) in [5.41, 5.74) is 6.86. The Kier molecular flexibility index (Phi) is 2.65. The molecule has 0 amide bonds. The normalized spacial score (nSPS) is 19.0. The molecule has 2 N–H and O–H groups in total. The first kappa shape index (κ1) is 10.5. The highest BCUT2D eigenvalue weighted by Gasteiger charge is 2.22. The monoisotopic (exact) mass is 228 g/mol. The van der Waals surface area contributed by atoms with Gasteiger partial charge in [0.1, 0.15) is 5.82 Å². The molecule has 4 nitrogen and oxygen atoms in total. The summed E-state index contributed by atoms with van der Waals surface area (Å²) >= 11 is 0. The van der Waals surface area contributed by atoms with Crippen molar-refractivity contribution in [2.75, 3.05) is 6.54 Å². The van der Waals surface area contributed by atoms with Crippen LogP contribution >= 0.6 is 0 Å². The van der Waals surface area contributed by atoms with Gasteiger partial charge in [-0.3, -0.25) is 0 Å². The van der Waals surface area contributed by atoms with Crippen LogP contribution in [0.3, 0.4) is 0 Å². The topological polar surface area (TPSA) is 56.7 Å². The van der Waals surface area contributed by atoms with Crippen molar-refractivity contribution in [3.63, 3.8) is 0 Å². The zero-order chi connectivity index (χ0) is 11.7. The van der Waals surface area contributed by atoms with Crippen LogP contribution in [-0.2, 0) is 13.0 Å². The number of nitrogens with two attached hydrogens (primary N) is 1. The minimum absolute atomic E-state index is 0.565. The van der Waals surface area contributed by atoms with E-state index in [9.17, 15) is 0 Å². The maximum atomic E-state index is 5.72. The first-order valence-corrected chi connectivity index (χ1v) is 6.06. The van der Waals surface area contributed by atoms with Crippen LogP contribution in [0.15, 0.2) is 30.3 Å². The fourth-order valence-electron chi connectivity index (χ4n) is 2.40. The molecule has 17 heavy (non-hydrogen) atoms. The Hall–Kier alpha value is -1.68. The van der Waals surface area contributed by atoms with Crippen LogP contribution in [0.5, 0.6) is 0 Å². The molecule has 2 heterocycles. The van der Waals surface area contributed by atoms with Gasteiger partial charge in [0.05, 0.1) is 0 Å². The third-order valence-electron chi connectivity index (χ3n) is 3.42. The Morgan fingerprint density at radius 2 is 2.06 bits per heavy atom. The lowest BCUT2D eigenvalue weighted by Crippen LogP contribution is -2.25. The standard InChI is InChI=1S/C13H16N4/c14-9-10-6-7-17-12(8-10)15-16-13(17)11-4-2-1-3-5-11/h1-5,10H,6-9,14H2. The van der Waals surface area contributed by atoms with Crippen LogP contribution in [0.1, 0.15) is 12.2 Å². The Labute approximate surface area is 100 Å². The Morgan fingerprint density at radius 3 is 2.82 bits per heavy atom. The predicted octanol–water partition coefficient (Wildman–Crippen LogP) is 1.47. The van der Waals surface area contributed by atoms with E-state index in [4.69, 9.17) is 5.73 Å². The van der Waals surface area contributed by atoms with Crippen molar-refractivity contribution in [1.82, 2.24) is 14.8 Å². The van der Waals surface area contributed by atoms with Gasteiger partial charge in [0.25, 0.3) is 0 Å². The highest BCUT2D eigenvalue weighted by molar-refractivity contribution is 5.55. The number of fused-ring (bicyclic) bond motifs is 1. The maximum Gasteiger partial charge on any atom is 0.163 e. The van der Waals surface area contributed by atoms with Crippen molar-refractivity contribution >= 4 is 0 Å². The molecular formula is C13H16N4. The molecule has 0 spiro atoms. The summed E-state index contributed by atoms with van der Waals surface area (Å²) in [7, 11) is 0. The molecule has 1 atom stereocenters. The van der Waals surface area contributed by atoms with Crippen molar-refractivity contribution in [3.8, 4) is 11.4 Å². The lowest BCUT2D eigenvalue weighted by molar-refractivity contribution is 0.391. The second kappa shape index (κ2) is 4.30. The highest BCUT2D eigenvalue weighted by atomic mass is 15.3. The lowest BCUT2D eigenvalue weighted by Gasteiger charge is -2.22. The van der Waals surface area contributed by atoms with E-state index >= 15 is 0 Å². The van der Waals surface area contributed by atoms with Crippen LogP contribution in [0.4, 0.5) is 0 Å². The first-order valence-electron chi connectivity index (χ1n) is 6.06. The van der Waals surface area contributed by atoms with Crippen LogP contribution in [0.25, 0.3) is 11.4 Å². The van der Waals surface area contributed by atoms with Crippen molar-refractivity contribution in [3.05, 3.63) is 36.2 Å². The van der Waals surface area contributed by atoms with E-state index in [0.29, 0.717) is 5.92 Å². The maximum absolute atomic E-state index is 5.72. The van der Waals surface area contributed by atoms with Gasteiger partial charge in [0, 0.05) is 18.5 Å². The van der Waals surface area contributed by atoms with E-state index in [0.717, 1.165) is 43.1 Å². The van der Waals surface area contributed by atoms with Gasteiger partial charge in [-0.2, -0.15) is 0 Å². The fourth-order valence-corrected chi connectivity index (χ4v) is 2.40. The molecule has 0 saturated carbocycles. The number of rotatable bonds is 2. The highest BCUT2D eigenvalue weighted by Crippen LogP contribution is 2.24. The Balaban J connectivity index is 1.97. The summed E-state index contributed by atoms with van der Waals surface area (Å²) in [5.74, 6) is 2.62. The molecule has 0 saturated heterocycles. The average Bonchev–Trinajstić information content (AvgIpc) is 2.82. The molecule has 0 bridgehead atoms. The average molecular weight is 228 g/mol. The molecule has 1 unspecified atom stereocenters. The number of hydrogen-bond acceptors (Lipinski definition) is 3. The molecule has 1 aromatic carbocycles. The van der Waals surface area contributed by atoms with Crippen molar-refractivity contribution in [1.29, 1.82) is 0 Å². The number of hydrogen-bond donors (Lipinski definition) is 1. The van der Waals surface area contributed by atoms with E-state index in [2.05, 4.69) is 26.9 Å². The smallest absolute Gasteiger partial charge is 0.163 e. The molecule has 2 aromatic rings. The molecule has 88 valence electrons. The molecule has 0 radical (unpaired) electrons. The lowest BCUT2D eigenvalue weighted by atomic mass is 9.98. The number of benzene rings is 1. The molecule has 4 heteroatoms. The zero-order valence-electron chi connectivity index (χ0n) is 9.71. The number of aromatic nitrogens is 3. The SMILES string of the molecule is NCC1CCn2c(nnc2-c2ccccc2)C1. The minimum atomic E-state index is 0.565. The molecule has 1 aromatic heterocycles. The van der Waals surface area contributed by atoms with E-state index < -0.39 is 0 Å². The molecule has 1 aliphatic heterocycles. The second-order valence-electron chi connectivity index (χ2n) is 4.55.